The number of aromatic nitrogens is 2. The predicted molar refractivity (Wildman–Crippen MR) is 84.0 cm³/mol. The number of sulfone groups is 1. The van der Waals surface area contributed by atoms with Crippen LogP contribution in [0.3, 0.4) is 0 Å². The Kier molecular flexibility index (Phi) is 4.22. The minimum atomic E-state index is -3.13. The third-order valence-corrected chi connectivity index (χ3v) is 5.18. The highest BCUT2D eigenvalue weighted by Gasteiger charge is 2.26. The molecule has 0 aliphatic carbocycles. The molecule has 1 unspecified atom stereocenters. The number of benzene rings is 1. The van der Waals surface area contributed by atoms with Crippen molar-refractivity contribution >= 4 is 9.84 Å². The minimum absolute atomic E-state index is 0.317. The maximum Gasteiger partial charge on any atom is 0.175 e. The van der Waals surface area contributed by atoms with E-state index in [1.165, 1.54) is 6.26 Å². The number of hydrogen-bond acceptors (Lipinski definition) is 5. The minimum Gasteiger partial charge on any atom is -0.291 e. The molecule has 116 valence electrons. The zero-order valence-corrected chi connectivity index (χ0v) is 13.3. The second-order valence-electron chi connectivity index (χ2n) is 5.68. The summed E-state index contributed by atoms with van der Waals surface area (Å²) in [4.78, 5) is 11.1. The third-order valence-electron chi connectivity index (χ3n) is 4.05. The van der Waals surface area contributed by atoms with E-state index >= 15 is 0 Å². The van der Waals surface area contributed by atoms with Gasteiger partial charge in [0, 0.05) is 19.0 Å². The predicted octanol–water partition coefficient (Wildman–Crippen LogP) is 2.22. The standard InChI is InChI=1S/C16H19N3O2S/c1-22(20,21)14-6-4-13(5-7-14)11-19-10-2-3-16(19)15-8-9-17-12-18-15/h4-9,12,16H,2-3,10-11H2,1H3. The highest BCUT2D eigenvalue weighted by Crippen LogP contribution is 2.31. The van der Waals surface area contributed by atoms with E-state index < -0.39 is 9.84 Å². The van der Waals surface area contributed by atoms with Gasteiger partial charge in [-0.3, -0.25) is 4.90 Å². The van der Waals surface area contributed by atoms with Crippen molar-refractivity contribution in [3.8, 4) is 0 Å². The molecular weight excluding hydrogens is 298 g/mol. The van der Waals surface area contributed by atoms with Crippen molar-refractivity contribution in [2.45, 2.75) is 30.3 Å². The van der Waals surface area contributed by atoms with E-state index in [1.807, 2.05) is 18.2 Å². The summed E-state index contributed by atoms with van der Waals surface area (Å²) in [7, 11) is -3.13. The summed E-state index contributed by atoms with van der Waals surface area (Å²) in [6.07, 6.45) is 6.84. The molecule has 6 heteroatoms. The van der Waals surface area contributed by atoms with Crippen LogP contribution < -0.4 is 0 Å². The topological polar surface area (TPSA) is 63.2 Å². The van der Waals surface area contributed by atoms with Gasteiger partial charge in [-0.25, -0.2) is 18.4 Å². The van der Waals surface area contributed by atoms with Gasteiger partial charge in [-0.2, -0.15) is 0 Å². The summed E-state index contributed by atoms with van der Waals surface area (Å²) in [6, 6.07) is 9.44. The summed E-state index contributed by atoms with van der Waals surface area (Å²) < 4.78 is 23.0. The Balaban J connectivity index is 1.75. The normalized spacial score (nSPS) is 19.4. The van der Waals surface area contributed by atoms with Crippen molar-refractivity contribution in [1.29, 1.82) is 0 Å². The van der Waals surface area contributed by atoms with Gasteiger partial charge in [0.05, 0.1) is 16.6 Å². The van der Waals surface area contributed by atoms with Gasteiger partial charge in [-0.15, -0.1) is 0 Å². The molecule has 0 N–H and O–H groups in total. The lowest BCUT2D eigenvalue weighted by Gasteiger charge is -2.24. The van der Waals surface area contributed by atoms with Gasteiger partial charge < -0.3 is 0 Å². The highest BCUT2D eigenvalue weighted by atomic mass is 32.2. The molecule has 3 rings (SSSR count). The maximum atomic E-state index is 11.5. The molecule has 0 amide bonds. The fourth-order valence-electron chi connectivity index (χ4n) is 2.92. The van der Waals surface area contributed by atoms with Crippen molar-refractivity contribution in [1.82, 2.24) is 14.9 Å². The average Bonchev–Trinajstić information content (AvgIpc) is 2.96. The van der Waals surface area contributed by atoms with Gasteiger partial charge in [0.2, 0.25) is 0 Å². The van der Waals surface area contributed by atoms with Crippen molar-refractivity contribution < 1.29 is 8.42 Å². The molecule has 1 aromatic heterocycles. The Morgan fingerprint density at radius 3 is 2.64 bits per heavy atom. The Hall–Kier alpha value is -1.79. The molecule has 1 saturated heterocycles. The Labute approximate surface area is 130 Å². The molecule has 0 radical (unpaired) electrons. The lowest BCUT2D eigenvalue weighted by molar-refractivity contribution is 0.244. The van der Waals surface area contributed by atoms with E-state index in [-0.39, 0.29) is 0 Å². The number of rotatable bonds is 4. The molecule has 2 heterocycles. The maximum absolute atomic E-state index is 11.5. The first kappa shape index (κ1) is 15.1. The molecule has 1 atom stereocenters. The van der Waals surface area contributed by atoms with Gasteiger partial charge in [0.25, 0.3) is 0 Å². The molecule has 0 bridgehead atoms. The second-order valence-corrected chi connectivity index (χ2v) is 7.69. The molecule has 1 aliphatic heterocycles. The van der Waals surface area contributed by atoms with Crippen LogP contribution in [-0.4, -0.2) is 36.1 Å². The van der Waals surface area contributed by atoms with E-state index in [0.29, 0.717) is 10.9 Å². The molecule has 0 saturated carbocycles. The molecular formula is C16H19N3O2S. The zero-order chi connectivity index (χ0) is 15.6. The third kappa shape index (κ3) is 3.34. The molecule has 1 fully saturated rings. The van der Waals surface area contributed by atoms with Crippen LogP contribution in [-0.2, 0) is 16.4 Å². The van der Waals surface area contributed by atoms with Gasteiger partial charge >= 0.3 is 0 Å². The second kappa shape index (κ2) is 6.14. The summed E-state index contributed by atoms with van der Waals surface area (Å²) >= 11 is 0. The smallest absolute Gasteiger partial charge is 0.175 e. The van der Waals surface area contributed by atoms with Crippen LogP contribution in [0.1, 0.15) is 30.1 Å². The van der Waals surface area contributed by atoms with E-state index in [2.05, 4.69) is 14.9 Å². The summed E-state index contributed by atoms with van der Waals surface area (Å²) in [5.41, 5.74) is 2.17. The summed E-state index contributed by atoms with van der Waals surface area (Å²) in [6.45, 7) is 1.83. The quantitative estimate of drug-likeness (QED) is 0.865. The number of nitrogens with zero attached hydrogens (tertiary/aromatic N) is 3. The average molecular weight is 317 g/mol. The van der Waals surface area contributed by atoms with E-state index in [0.717, 1.165) is 37.2 Å². The van der Waals surface area contributed by atoms with Crippen molar-refractivity contribution in [3.63, 3.8) is 0 Å². The molecule has 1 aliphatic rings. The Morgan fingerprint density at radius 2 is 2.00 bits per heavy atom. The van der Waals surface area contributed by atoms with Crippen LogP contribution in [0.4, 0.5) is 0 Å². The lowest BCUT2D eigenvalue weighted by Crippen LogP contribution is -2.23. The SMILES string of the molecule is CS(=O)(=O)c1ccc(CN2CCCC2c2ccncn2)cc1. The zero-order valence-electron chi connectivity index (χ0n) is 12.5. The van der Waals surface area contributed by atoms with Gasteiger partial charge in [-0.05, 0) is 43.1 Å². The molecule has 22 heavy (non-hydrogen) atoms. The number of likely N-dealkylation sites (tertiary alicyclic amines) is 1. The Bertz CT molecular complexity index is 730. The van der Waals surface area contributed by atoms with Crippen LogP contribution in [0.15, 0.2) is 47.8 Å². The monoisotopic (exact) mass is 317 g/mol. The van der Waals surface area contributed by atoms with Crippen LogP contribution in [0, 0.1) is 0 Å². The molecule has 1 aromatic carbocycles. The van der Waals surface area contributed by atoms with Gasteiger partial charge in [0.1, 0.15) is 6.33 Å². The van der Waals surface area contributed by atoms with Gasteiger partial charge in [-0.1, -0.05) is 12.1 Å². The summed E-state index contributed by atoms with van der Waals surface area (Å²) in [5, 5.41) is 0. The van der Waals surface area contributed by atoms with Gasteiger partial charge in [0.15, 0.2) is 9.84 Å². The van der Waals surface area contributed by atoms with Crippen LogP contribution >= 0.6 is 0 Å². The van der Waals surface area contributed by atoms with Crippen molar-refractivity contribution in [2.24, 2.45) is 0 Å². The first-order valence-corrected chi connectivity index (χ1v) is 9.22. The highest BCUT2D eigenvalue weighted by molar-refractivity contribution is 7.90. The van der Waals surface area contributed by atoms with E-state index in [1.54, 1.807) is 24.7 Å². The molecule has 5 nitrogen and oxygen atoms in total. The van der Waals surface area contributed by atoms with Crippen LogP contribution in [0.2, 0.25) is 0 Å². The molecule has 0 spiro atoms. The van der Waals surface area contributed by atoms with Crippen LogP contribution in [0.5, 0.6) is 0 Å². The van der Waals surface area contributed by atoms with Crippen molar-refractivity contribution in [2.75, 3.05) is 12.8 Å². The fourth-order valence-corrected chi connectivity index (χ4v) is 3.56. The van der Waals surface area contributed by atoms with E-state index in [9.17, 15) is 8.42 Å². The first-order valence-electron chi connectivity index (χ1n) is 7.33. The lowest BCUT2D eigenvalue weighted by atomic mass is 10.1. The van der Waals surface area contributed by atoms with Crippen LogP contribution in [0.25, 0.3) is 0 Å². The molecule has 2 aromatic rings. The Morgan fingerprint density at radius 1 is 1.23 bits per heavy atom. The fraction of sp³-hybridized carbons (Fsp3) is 0.375. The summed E-state index contributed by atoms with van der Waals surface area (Å²) in [5.74, 6) is 0. The number of hydrogen-bond donors (Lipinski definition) is 0. The largest absolute Gasteiger partial charge is 0.291 e. The first-order chi connectivity index (χ1) is 10.5. The van der Waals surface area contributed by atoms with Crippen molar-refractivity contribution in [3.05, 3.63) is 54.1 Å². The van der Waals surface area contributed by atoms with E-state index in [4.69, 9.17) is 0 Å².